The summed E-state index contributed by atoms with van der Waals surface area (Å²) in [5.74, 6) is 0.837. The fourth-order valence-corrected chi connectivity index (χ4v) is 21.8. The summed E-state index contributed by atoms with van der Waals surface area (Å²) in [6.07, 6.45) is 17.6. The molecule has 3 N–H and O–H groups in total. The number of halogens is 1. The Kier molecular flexibility index (Phi) is 19.9. The molecule has 20 aromatic heterocycles. The fourth-order valence-electron chi connectivity index (χ4n) is 21.8. The molecule has 2 atom stereocenters. The Morgan fingerprint density at radius 1 is 0.396 bits per heavy atom. The molecule has 1 saturated carbocycles. The quantitative estimate of drug-likeness (QED) is 0.0919. The number of hydrogen-bond acceptors (Lipinski definition) is 16. The van der Waals surface area contributed by atoms with Gasteiger partial charge < -0.3 is 15.2 Å². The van der Waals surface area contributed by atoms with Gasteiger partial charge in [0.1, 0.15) is 34.6 Å². The number of aryl methyl sites for hydroxylation is 2. The molecule has 2 aliphatic rings. The molecular formula is C113H82FN15O10+2. The van der Waals surface area contributed by atoms with Crippen LogP contribution < -0.4 is 57.9 Å². The summed E-state index contributed by atoms with van der Waals surface area (Å²) in [4.78, 5) is 110. The molecule has 25 nitrogen and oxygen atoms in total. The van der Waals surface area contributed by atoms with Crippen molar-refractivity contribution < 1.29 is 33.2 Å². The van der Waals surface area contributed by atoms with E-state index in [1.807, 2.05) is 204 Å². The maximum absolute atomic E-state index is 13.4. The van der Waals surface area contributed by atoms with Gasteiger partial charge in [-0.3, -0.25) is 94.7 Å². The summed E-state index contributed by atoms with van der Waals surface area (Å²) in [5, 5.41) is 26.4. The van der Waals surface area contributed by atoms with Crippen LogP contribution in [0.3, 0.4) is 0 Å². The molecule has 21 heterocycles. The average Bonchev–Trinajstić information content (AvgIpc) is 1.67. The van der Waals surface area contributed by atoms with Gasteiger partial charge in [-0.15, -0.1) is 0 Å². The smallest absolute Gasteiger partial charge is 0.300 e. The number of anilines is 1. The number of pyridine rings is 13. The Morgan fingerprint density at radius 2 is 0.856 bits per heavy atom. The fraction of sp³-hybridized carbons (Fsp3) is 0.115. The van der Waals surface area contributed by atoms with Crippen LogP contribution in [0.15, 0.2) is 339 Å². The number of aromatic nitrogens is 14. The average molecular weight is 1830 g/mol. The van der Waals surface area contributed by atoms with Gasteiger partial charge in [-0.25, -0.2) is 4.39 Å². The minimum absolute atomic E-state index is 0.000599. The van der Waals surface area contributed by atoms with Crippen molar-refractivity contribution in [2.45, 2.75) is 64.8 Å². The van der Waals surface area contributed by atoms with Crippen molar-refractivity contribution in [3.63, 3.8) is 0 Å². The lowest BCUT2D eigenvalue weighted by Crippen LogP contribution is -2.35. The Morgan fingerprint density at radius 3 is 1.47 bits per heavy atom. The van der Waals surface area contributed by atoms with Crippen molar-refractivity contribution in [3.05, 3.63) is 389 Å². The zero-order valence-corrected chi connectivity index (χ0v) is 75.4. The Hall–Kier alpha value is -18.1. The van der Waals surface area contributed by atoms with Gasteiger partial charge in [0.05, 0.1) is 113 Å². The number of hydrogen-bond donors (Lipinski definition) is 2. The summed E-state index contributed by atoms with van der Waals surface area (Å²) in [6, 6.07) is 85.3. The van der Waals surface area contributed by atoms with Crippen LogP contribution in [-0.4, -0.2) is 81.2 Å². The van der Waals surface area contributed by atoms with Crippen LogP contribution >= 0.6 is 0 Å². The Labute approximate surface area is 784 Å². The van der Waals surface area contributed by atoms with Crippen molar-refractivity contribution in [2.24, 2.45) is 5.92 Å². The second-order valence-corrected chi connectivity index (χ2v) is 35.2. The van der Waals surface area contributed by atoms with E-state index >= 15 is 0 Å². The summed E-state index contributed by atoms with van der Waals surface area (Å²) in [6.45, 7) is 5.16. The second-order valence-electron chi connectivity index (χ2n) is 35.2. The van der Waals surface area contributed by atoms with E-state index in [0.717, 1.165) is 219 Å². The summed E-state index contributed by atoms with van der Waals surface area (Å²) >= 11 is 0. The van der Waals surface area contributed by atoms with Crippen molar-refractivity contribution >= 4 is 208 Å². The van der Waals surface area contributed by atoms with Crippen LogP contribution in [0, 0.1) is 18.7 Å². The molecule has 139 heavy (non-hydrogen) atoms. The van der Waals surface area contributed by atoms with Crippen LogP contribution in [0.1, 0.15) is 67.5 Å². The maximum Gasteiger partial charge on any atom is 0.300 e. The normalized spacial score (nSPS) is 13.7. The third-order valence-electron chi connectivity index (χ3n) is 27.8. The number of methoxy groups -OCH3 is 2. The number of nitrogen functional groups attached to an aromatic ring is 1. The highest BCUT2D eigenvalue weighted by atomic mass is 19.1. The van der Waals surface area contributed by atoms with E-state index in [9.17, 15) is 43.2 Å². The highest BCUT2D eigenvalue weighted by molar-refractivity contribution is 6.21. The van der Waals surface area contributed by atoms with E-state index in [1.165, 1.54) is 54.0 Å². The number of benzene rings is 8. The minimum Gasteiger partial charge on any atom is -0.491 e. The van der Waals surface area contributed by atoms with E-state index in [2.05, 4.69) is 72.9 Å². The number of rotatable bonds is 5. The van der Waals surface area contributed by atoms with Crippen molar-refractivity contribution in [3.8, 4) is 11.5 Å². The van der Waals surface area contributed by atoms with E-state index < -0.39 is 0 Å². The highest BCUT2D eigenvalue weighted by Gasteiger charge is 2.41. The first-order chi connectivity index (χ1) is 68.0. The van der Waals surface area contributed by atoms with Gasteiger partial charge in [0.15, 0.2) is 11.9 Å². The minimum atomic E-state index is -0.349. The van der Waals surface area contributed by atoms with Gasteiger partial charge in [-0.05, 0) is 129 Å². The SMILES string of the molecule is CCCC[n+]1ccc2c3ccccc3n3c(=O)ccc1c23.COc1c(N)c2nccc3c4ccccc4n(c1=O)c23.COc1cc2nccc3c4ccccc4n(c1=O)c23.Cc1cc2c3ccccc3n3c(=O)ccc(n1)c23.O=C1C2CCCCC2c2nccc3c4ccccc4n1c23.O=c1c2ccccc2c2c3c(cc[n+]2O)c2ccccc2n13.O=c1ccc2nccc3c4ccc(F)cc4n1c23. The Balaban J connectivity index is 0.0000000882. The molecule has 1 fully saturated rings. The van der Waals surface area contributed by atoms with Crippen LogP contribution in [0.25, 0.3) is 197 Å². The summed E-state index contributed by atoms with van der Waals surface area (Å²) in [7, 11) is 2.94. The molecule has 1 aliphatic heterocycles. The number of carbonyl (C=O) groups excluding carboxylic acids is 1. The van der Waals surface area contributed by atoms with Crippen LogP contribution in [0.4, 0.5) is 10.1 Å². The van der Waals surface area contributed by atoms with Crippen LogP contribution in [0.2, 0.25) is 0 Å². The van der Waals surface area contributed by atoms with Gasteiger partial charge in [-0.2, -0.15) is 4.57 Å². The van der Waals surface area contributed by atoms with Gasteiger partial charge in [0, 0.05) is 171 Å². The lowest BCUT2D eigenvalue weighted by molar-refractivity contribution is -0.884. The molecule has 0 spiro atoms. The zero-order chi connectivity index (χ0) is 94.6. The van der Waals surface area contributed by atoms with Crippen LogP contribution in [0.5, 0.6) is 11.5 Å². The van der Waals surface area contributed by atoms with Crippen molar-refractivity contribution in [1.82, 2.24) is 55.9 Å². The highest BCUT2D eigenvalue weighted by Crippen LogP contribution is 2.47. The molecule has 8 aromatic carbocycles. The lowest BCUT2D eigenvalue weighted by atomic mass is 9.75. The number of fused-ring (bicyclic) bond motifs is 25. The van der Waals surface area contributed by atoms with E-state index in [1.54, 1.807) is 84.9 Å². The maximum atomic E-state index is 13.4. The molecule has 0 bridgehead atoms. The number of para-hydroxylation sites is 6. The molecule has 30 rings (SSSR count). The predicted octanol–water partition coefficient (Wildman–Crippen LogP) is 19.8. The summed E-state index contributed by atoms with van der Waals surface area (Å²) < 4.78 is 39.1. The first kappa shape index (κ1) is 84.0. The number of nitrogens with two attached hydrogens (primary N) is 1. The molecule has 2 unspecified atom stereocenters. The molecule has 1 aliphatic carbocycles. The topological polar surface area (TPSA) is 288 Å². The monoisotopic (exact) mass is 1830 g/mol. The standard InChI is InChI=1S/C18H11N2O2.C18H16N2O.C18H17N2O.C15H11N3O2.C15H10N2O2.C15H10N2O.C14H7FN2O/c21-18-14-7-2-1-6-12(14)16-17-13(9-10-19(16)22)11-5-3-4-8-15(11)20(17)18;21-18-14-7-2-1-6-12(14)16-17-13(9-10-19-16)11-5-3-4-8-15(11)20(17)18;1-2-3-11-19-12-10-14-13-6-4-5-7-15(13)20-17(21)9-8-16(19)18(14)20;1-20-14-11(16)12-13-9(6-7-17-12)8-4-2-3-5-10(8)18(13)15(14)19;1-19-13-8-11-14-10(6-7-16-11)9-4-2-3-5-12(9)17(14)15(13)18;1-9-8-11-10-4-2-3-5-13(10)17-14(18)7-6-12(16-9)15(11)17;15-8-1-2-9-10-5-6-16-11-3-4-13(18)17(14(10)11)12(9)7-8/h1-10,22H;3-5,8-10,12,14H,1-2,6-7H2;4-10,12H,2-3,11H2,1H3;2-7H,16H2,1H3;2-8H,1H3;2-8H,1H3;1-7H/q+1;;+1;;;;. The molecule has 26 heteroatoms. The van der Waals surface area contributed by atoms with E-state index in [0.29, 0.717) is 39.3 Å². The van der Waals surface area contributed by atoms with Crippen molar-refractivity contribution in [2.75, 3.05) is 20.0 Å². The molecule has 0 radical (unpaired) electrons. The van der Waals surface area contributed by atoms with Gasteiger partial charge in [0.25, 0.3) is 38.9 Å². The van der Waals surface area contributed by atoms with Crippen LogP contribution in [-0.2, 0) is 6.54 Å². The first-order valence-corrected chi connectivity index (χ1v) is 46.0. The largest absolute Gasteiger partial charge is 0.491 e. The molecule has 674 valence electrons. The first-order valence-electron chi connectivity index (χ1n) is 46.0. The second kappa shape index (κ2) is 32.9. The van der Waals surface area contributed by atoms with Gasteiger partial charge in [-0.1, -0.05) is 148 Å². The number of carbonyl (C=O) groups is 1. The van der Waals surface area contributed by atoms with E-state index in [4.69, 9.17) is 15.2 Å². The lowest BCUT2D eigenvalue weighted by Gasteiger charge is -2.34. The predicted molar refractivity (Wildman–Crippen MR) is 545 cm³/mol. The number of nitrogens with zero attached hydrogens (tertiary/aromatic N) is 14. The third kappa shape index (κ3) is 12.9. The molecule has 0 saturated heterocycles. The van der Waals surface area contributed by atoms with Gasteiger partial charge >= 0.3 is 0 Å². The van der Waals surface area contributed by atoms with Gasteiger partial charge in [0.2, 0.25) is 23.4 Å². The molecule has 0 amide bonds. The third-order valence-corrected chi connectivity index (χ3v) is 27.8. The van der Waals surface area contributed by atoms with E-state index in [-0.39, 0.29) is 56.7 Å². The number of unbranched alkanes of at least 4 members (excludes halogenated alkanes) is 1. The Bertz CT molecular complexity index is 10300. The molecular weight excluding hydrogens is 1750 g/mol. The summed E-state index contributed by atoms with van der Waals surface area (Å²) in [5.41, 5.74) is 25.0. The number of ether oxygens (including phenoxy) is 2. The van der Waals surface area contributed by atoms with Crippen molar-refractivity contribution in [1.29, 1.82) is 0 Å². The molecule has 28 aromatic rings. The zero-order valence-electron chi connectivity index (χ0n) is 75.4.